The predicted octanol–water partition coefficient (Wildman–Crippen LogP) is 1.84. The topological polar surface area (TPSA) is 75.6 Å². The van der Waals surface area contributed by atoms with Gasteiger partial charge in [-0.2, -0.15) is 0 Å². The molecule has 0 bridgehead atoms. The summed E-state index contributed by atoms with van der Waals surface area (Å²) in [6.45, 7) is 2.87. The monoisotopic (exact) mass is 315 g/mol. The van der Waals surface area contributed by atoms with E-state index < -0.39 is 10.0 Å². The number of ether oxygens (including phenoxy) is 1. The van der Waals surface area contributed by atoms with E-state index in [0.717, 1.165) is 24.8 Å². The highest BCUT2D eigenvalue weighted by Gasteiger charge is 2.17. The largest absolute Gasteiger partial charge is 0.392 e. The quantitative estimate of drug-likeness (QED) is 0.646. The number of aliphatic hydroxyl groups excluding tert-OH is 1. The summed E-state index contributed by atoms with van der Waals surface area (Å²) in [6, 6.07) is 5.06. The van der Waals surface area contributed by atoms with Gasteiger partial charge < -0.3 is 9.84 Å². The highest BCUT2D eigenvalue weighted by atomic mass is 32.2. The van der Waals surface area contributed by atoms with Crippen LogP contribution in [-0.4, -0.2) is 33.8 Å². The first-order valence-electron chi connectivity index (χ1n) is 7.26. The molecule has 0 amide bonds. The lowest BCUT2D eigenvalue weighted by Crippen LogP contribution is -2.26. The number of hydrogen-bond acceptors (Lipinski definition) is 4. The van der Waals surface area contributed by atoms with Gasteiger partial charge in [0.15, 0.2) is 0 Å². The molecular formula is C15H25NO4S. The number of aliphatic hydroxyl groups is 1. The van der Waals surface area contributed by atoms with Crippen molar-refractivity contribution >= 4 is 10.0 Å². The Morgan fingerprint density at radius 2 is 2.00 bits per heavy atom. The number of unbranched alkanes of at least 4 members (excludes halogenated alkanes) is 2. The maximum absolute atomic E-state index is 12.4. The number of benzene rings is 1. The van der Waals surface area contributed by atoms with Gasteiger partial charge in [0.2, 0.25) is 10.0 Å². The molecule has 0 saturated carbocycles. The van der Waals surface area contributed by atoms with Gasteiger partial charge in [-0.3, -0.25) is 0 Å². The summed E-state index contributed by atoms with van der Waals surface area (Å²) in [5.41, 5.74) is 1.37. The normalized spacial score (nSPS) is 11.8. The van der Waals surface area contributed by atoms with Gasteiger partial charge in [-0.15, -0.1) is 0 Å². The second-order valence-electron chi connectivity index (χ2n) is 4.90. The molecule has 0 atom stereocenters. The molecule has 0 unspecified atom stereocenters. The van der Waals surface area contributed by atoms with E-state index in [1.54, 1.807) is 25.3 Å². The molecule has 0 aromatic heterocycles. The van der Waals surface area contributed by atoms with Crippen LogP contribution in [0.25, 0.3) is 0 Å². The first kappa shape index (κ1) is 18.1. The van der Waals surface area contributed by atoms with E-state index in [4.69, 9.17) is 9.84 Å². The van der Waals surface area contributed by atoms with E-state index >= 15 is 0 Å². The Labute approximate surface area is 127 Å². The minimum atomic E-state index is -3.52. The number of rotatable bonds is 10. The van der Waals surface area contributed by atoms with Crippen molar-refractivity contribution in [3.63, 3.8) is 0 Å². The molecule has 0 aliphatic heterocycles. The van der Waals surface area contributed by atoms with Gasteiger partial charge in [-0.25, -0.2) is 13.1 Å². The Balaban J connectivity index is 2.69. The van der Waals surface area contributed by atoms with Crippen LogP contribution in [0.3, 0.4) is 0 Å². The lowest BCUT2D eigenvalue weighted by molar-refractivity contribution is 0.192. The highest BCUT2D eigenvalue weighted by Crippen LogP contribution is 2.18. The Morgan fingerprint density at radius 1 is 1.24 bits per heavy atom. The molecule has 0 aliphatic carbocycles. The Kier molecular flexibility index (Phi) is 7.88. The van der Waals surface area contributed by atoms with E-state index in [1.165, 1.54) is 0 Å². The van der Waals surface area contributed by atoms with Crippen LogP contribution in [-0.2, 0) is 27.8 Å². The lowest BCUT2D eigenvalue weighted by atomic mass is 10.1. The third kappa shape index (κ3) is 5.74. The highest BCUT2D eigenvalue weighted by molar-refractivity contribution is 7.89. The maximum Gasteiger partial charge on any atom is 0.240 e. The number of sulfonamides is 1. The summed E-state index contributed by atoms with van der Waals surface area (Å²) < 4.78 is 32.3. The molecular weight excluding hydrogens is 290 g/mol. The zero-order chi connectivity index (χ0) is 15.7. The van der Waals surface area contributed by atoms with Crippen molar-refractivity contribution in [2.45, 2.75) is 44.1 Å². The standard InChI is InChI=1S/C15H25NO4S/c1-3-14-8-7-13(12-17)11-15(14)21(18,19)16-9-5-4-6-10-20-2/h7-8,11,16-17H,3-6,9-10,12H2,1-2H3. The molecule has 120 valence electrons. The average molecular weight is 315 g/mol. The van der Waals surface area contributed by atoms with E-state index in [2.05, 4.69) is 4.72 Å². The van der Waals surface area contributed by atoms with Gasteiger partial charge in [0.25, 0.3) is 0 Å². The van der Waals surface area contributed by atoms with Crippen LogP contribution in [0.5, 0.6) is 0 Å². The molecule has 0 spiro atoms. The SMILES string of the molecule is CCc1ccc(CO)cc1S(=O)(=O)NCCCCCOC. The van der Waals surface area contributed by atoms with E-state index in [9.17, 15) is 8.42 Å². The zero-order valence-electron chi connectivity index (χ0n) is 12.8. The summed E-state index contributed by atoms with van der Waals surface area (Å²) in [5, 5.41) is 9.16. The van der Waals surface area contributed by atoms with Crippen LogP contribution in [0.4, 0.5) is 0 Å². The molecule has 6 heteroatoms. The molecule has 2 N–H and O–H groups in total. The van der Waals surface area contributed by atoms with Crippen LogP contribution in [0, 0.1) is 0 Å². The van der Waals surface area contributed by atoms with Crippen molar-refractivity contribution in [2.75, 3.05) is 20.3 Å². The van der Waals surface area contributed by atoms with Crippen LogP contribution >= 0.6 is 0 Å². The van der Waals surface area contributed by atoms with Crippen molar-refractivity contribution in [1.82, 2.24) is 4.72 Å². The van der Waals surface area contributed by atoms with Crippen LogP contribution in [0.2, 0.25) is 0 Å². The minimum absolute atomic E-state index is 0.163. The van der Waals surface area contributed by atoms with Crippen LogP contribution in [0.15, 0.2) is 23.1 Å². The van der Waals surface area contributed by atoms with Gasteiger partial charge >= 0.3 is 0 Å². The maximum atomic E-state index is 12.4. The van der Waals surface area contributed by atoms with Crippen molar-refractivity contribution in [3.8, 4) is 0 Å². The van der Waals surface area contributed by atoms with Gasteiger partial charge in [0.05, 0.1) is 11.5 Å². The number of aryl methyl sites for hydroxylation is 1. The Bertz CT molecular complexity index is 528. The average Bonchev–Trinajstić information content (AvgIpc) is 2.50. The van der Waals surface area contributed by atoms with E-state index in [1.807, 2.05) is 6.92 Å². The number of methoxy groups -OCH3 is 1. The molecule has 0 fully saturated rings. The summed E-state index contributed by atoms with van der Waals surface area (Å²) in [7, 11) is -1.86. The molecule has 0 heterocycles. The molecule has 0 aliphatic rings. The van der Waals surface area contributed by atoms with Gasteiger partial charge in [0, 0.05) is 20.3 Å². The zero-order valence-corrected chi connectivity index (χ0v) is 13.6. The van der Waals surface area contributed by atoms with E-state index in [0.29, 0.717) is 25.1 Å². The van der Waals surface area contributed by atoms with Gasteiger partial charge in [-0.1, -0.05) is 19.1 Å². The first-order chi connectivity index (χ1) is 10.0. The second-order valence-corrected chi connectivity index (χ2v) is 6.64. The fourth-order valence-electron chi connectivity index (χ4n) is 2.07. The van der Waals surface area contributed by atoms with Crippen molar-refractivity contribution in [2.24, 2.45) is 0 Å². The fourth-order valence-corrected chi connectivity index (χ4v) is 3.50. The third-order valence-electron chi connectivity index (χ3n) is 3.30. The second kappa shape index (κ2) is 9.15. The Morgan fingerprint density at radius 3 is 2.62 bits per heavy atom. The molecule has 5 nitrogen and oxygen atoms in total. The summed E-state index contributed by atoms with van der Waals surface area (Å²) >= 11 is 0. The predicted molar refractivity (Wildman–Crippen MR) is 82.7 cm³/mol. The van der Waals surface area contributed by atoms with Crippen molar-refractivity contribution < 1.29 is 18.3 Å². The van der Waals surface area contributed by atoms with Crippen molar-refractivity contribution in [3.05, 3.63) is 29.3 Å². The van der Waals surface area contributed by atoms with Gasteiger partial charge in [0.1, 0.15) is 0 Å². The smallest absolute Gasteiger partial charge is 0.240 e. The summed E-state index contributed by atoms with van der Waals surface area (Å²) in [6.07, 6.45) is 3.27. The molecule has 1 aromatic carbocycles. The minimum Gasteiger partial charge on any atom is -0.392 e. The van der Waals surface area contributed by atoms with E-state index in [-0.39, 0.29) is 11.5 Å². The fraction of sp³-hybridized carbons (Fsp3) is 0.600. The van der Waals surface area contributed by atoms with Crippen LogP contribution in [0.1, 0.15) is 37.3 Å². The molecule has 1 rings (SSSR count). The molecule has 21 heavy (non-hydrogen) atoms. The molecule has 0 saturated heterocycles. The Hall–Kier alpha value is -0.950. The van der Waals surface area contributed by atoms with Crippen LogP contribution < -0.4 is 4.72 Å². The number of hydrogen-bond donors (Lipinski definition) is 2. The summed E-state index contributed by atoms with van der Waals surface area (Å²) in [5.74, 6) is 0. The van der Waals surface area contributed by atoms with Gasteiger partial charge in [-0.05, 0) is 42.9 Å². The first-order valence-corrected chi connectivity index (χ1v) is 8.74. The third-order valence-corrected chi connectivity index (χ3v) is 4.85. The number of nitrogens with one attached hydrogen (secondary N) is 1. The molecule has 0 radical (unpaired) electrons. The lowest BCUT2D eigenvalue weighted by Gasteiger charge is -2.12. The van der Waals surface area contributed by atoms with Crippen molar-refractivity contribution in [1.29, 1.82) is 0 Å². The summed E-state index contributed by atoms with van der Waals surface area (Å²) in [4.78, 5) is 0.272. The molecule has 1 aromatic rings.